The van der Waals surface area contributed by atoms with Crippen LogP contribution in [0.3, 0.4) is 0 Å². The van der Waals surface area contributed by atoms with Crippen LogP contribution in [0.4, 0.5) is 5.82 Å². The highest BCUT2D eigenvalue weighted by Gasteiger charge is 2.13. The lowest BCUT2D eigenvalue weighted by atomic mass is 10.2. The topological polar surface area (TPSA) is 88.5 Å². The Morgan fingerprint density at radius 1 is 1.29 bits per heavy atom. The number of anilines is 1. The van der Waals surface area contributed by atoms with E-state index in [0.29, 0.717) is 5.75 Å². The number of carbonyl (C=O) groups is 2. The zero-order chi connectivity index (χ0) is 15.2. The quantitative estimate of drug-likeness (QED) is 0.864. The fraction of sp³-hybridized carbons (Fsp3) is 0.0714. The van der Waals surface area contributed by atoms with Crippen molar-refractivity contribution in [3.63, 3.8) is 0 Å². The number of carboxylic acids is 1. The molecule has 1 aromatic heterocycles. The number of aromatic carboxylic acids is 1. The molecule has 7 heteroatoms. The summed E-state index contributed by atoms with van der Waals surface area (Å²) >= 11 is 3.29. The minimum Gasteiger partial charge on any atom is -0.484 e. The fourth-order valence-corrected chi connectivity index (χ4v) is 1.93. The summed E-state index contributed by atoms with van der Waals surface area (Å²) in [6, 6.07) is 9.88. The molecule has 0 aliphatic rings. The third kappa shape index (κ3) is 4.28. The van der Waals surface area contributed by atoms with Crippen molar-refractivity contribution in [1.82, 2.24) is 4.98 Å². The third-order valence-corrected chi connectivity index (χ3v) is 2.96. The van der Waals surface area contributed by atoms with E-state index in [9.17, 15) is 9.59 Å². The molecule has 2 aromatic rings. The van der Waals surface area contributed by atoms with E-state index in [1.807, 2.05) is 6.07 Å². The standard InChI is InChI=1S/C14H11BrN2O4/c15-9-3-1-4-10(7-9)21-8-12(18)17-13-11(14(19)20)5-2-6-16-13/h1-7H,8H2,(H,19,20)(H,16,17,18). The van der Waals surface area contributed by atoms with Crippen molar-refractivity contribution in [2.45, 2.75) is 0 Å². The summed E-state index contributed by atoms with van der Waals surface area (Å²) in [6.45, 7) is -0.244. The number of rotatable bonds is 5. The largest absolute Gasteiger partial charge is 0.484 e. The number of amides is 1. The Kier molecular flexibility index (Phi) is 4.89. The monoisotopic (exact) mass is 350 g/mol. The molecule has 6 nitrogen and oxygen atoms in total. The highest BCUT2D eigenvalue weighted by Crippen LogP contribution is 2.17. The average Bonchev–Trinajstić information content (AvgIpc) is 2.45. The number of ether oxygens (including phenoxy) is 1. The molecular formula is C14H11BrN2O4. The second kappa shape index (κ2) is 6.85. The maximum absolute atomic E-state index is 11.8. The average molecular weight is 351 g/mol. The van der Waals surface area contributed by atoms with Gasteiger partial charge < -0.3 is 15.2 Å². The first-order chi connectivity index (χ1) is 10.1. The number of hydrogen-bond acceptors (Lipinski definition) is 4. The van der Waals surface area contributed by atoms with E-state index in [1.165, 1.54) is 18.3 Å². The van der Waals surface area contributed by atoms with E-state index < -0.39 is 11.9 Å². The fourth-order valence-electron chi connectivity index (χ4n) is 1.55. The zero-order valence-electron chi connectivity index (χ0n) is 10.7. The Bertz CT molecular complexity index is 676. The molecule has 0 fully saturated rings. The zero-order valence-corrected chi connectivity index (χ0v) is 12.3. The van der Waals surface area contributed by atoms with Gasteiger partial charge in [-0.2, -0.15) is 0 Å². The van der Waals surface area contributed by atoms with E-state index in [0.717, 1.165) is 4.47 Å². The molecule has 0 saturated carbocycles. The van der Waals surface area contributed by atoms with Crippen molar-refractivity contribution in [2.24, 2.45) is 0 Å². The first-order valence-electron chi connectivity index (χ1n) is 5.93. The molecule has 0 aliphatic carbocycles. The molecule has 1 heterocycles. The highest BCUT2D eigenvalue weighted by atomic mass is 79.9. The molecule has 0 bridgehead atoms. The van der Waals surface area contributed by atoms with Crippen molar-refractivity contribution in [3.05, 3.63) is 52.6 Å². The van der Waals surface area contributed by atoms with Crippen LogP contribution in [0.1, 0.15) is 10.4 Å². The SMILES string of the molecule is O=C(COc1cccc(Br)c1)Nc1ncccc1C(=O)O. The second-order valence-electron chi connectivity index (χ2n) is 4.00. The smallest absolute Gasteiger partial charge is 0.339 e. The van der Waals surface area contributed by atoms with Gasteiger partial charge in [-0.05, 0) is 30.3 Å². The van der Waals surface area contributed by atoms with Crippen molar-refractivity contribution in [2.75, 3.05) is 11.9 Å². The Hall–Kier alpha value is -2.41. The minimum atomic E-state index is -1.16. The molecule has 1 amide bonds. The van der Waals surface area contributed by atoms with Gasteiger partial charge in [0.25, 0.3) is 5.91 Å². The number of carboxylic acid groups (broad SMARTS) is 1. The van der Waals surface area contributed by atoms with Crippen molar-refractivity contribution in [1.29, 1.82) is 0 Å². The first kappa shape index (κ1) is 15.0. The van der Waals surface area contributed by atoms with Gasteiger partial charge in [-0.15, -0.1) is 0 Å². The molecule has 0 spiro atoms. The van der Waals surface area contributed by atoms with E-state index in [1.54, 1.807) is 18.2 Å². The third-order valence-electron chi connectivity index (χ3n) is 2.46. The molecule has 2 rings (SSSR count). The molecule has 1 aromatic carbocycles. The number of aromatic nitrogens is 1. The van der Waals surface area contributed by atoms with Gasteiger partial charge in [0.2, 0.25) is 0 Å². The number of benzene rings is 1. The Labute approximate surface area is 128 Å². The molecule has 0 atom stereocenters. The lowest BCUT2D eigenvalue weighted by Crippen LogP contribution is -2.22. The minimum absolute atomic E-state index is 0.00663. The van der Waals surface area contributed by atoms with Crippen LogP contribution in [0, 0.1) is 0 Å². The number of hydrogen-bond donors (Lipinski definition) is 2. The first-order valence-corrected chi connectivity index (χ1v) is 6.72. The van der Waals surface area contributed by atoms with Gasteiger partial charge in [0.05, 0.1) is 0 Å². The van der Waals surface area contributed by atoms with E-state index in [-0.39, 0.29) is 18.0 Å². The maximum atomic E-state index is 11.8. The van der Waals surface area contributed by atoms with Crippen LogP contribution in [-0.4, -0.2) is 28.6 Å². The summed E-state index contributed by atoms with van der Waals surface area (Å²) in [6.07, 6.45) is 1.40. The van der Waals surface area contributed by atoms with Crippen LogP contribution in [0.25, 0.3) is 0 Å². The number of nitrogens with one attached hydrogen (secondary N) is 1. The van der Waals surface area contributed by atoms with Gasteiger partial charge in [0.15, 0.2) is 6.61 Å². The van der Waals surface area contributed by atoms with Crippen molar-refractivity contribution in [3.8, 4) is 5.75 Å². The Morgan fingerprint density at radius 3 is 2.81 bits per heavy atom. The second-order valence-corrected chi connectivity index (χ2v) is 4.91. The molecule has 0 unspecified atom stereocenters. The molecule has 0 saturated heterocycles. The normalized spacial score (nSPS) is 9.95. The molecule has 0 aliphatic heterocycles. The van der Waals surface area contributed by atoms with Gasteiger partial charge >= 0.3 is 5.97 Å². The van der Waals surface area contributed by atoms with Crippen LogP contribution in [-0.2, 0) is 4.79 Å². The van der Waals surface area contributed by atoms with Gasteiger partial charge in [-0.3, -0.25) is 4.79 Å². The lowest BCUT2D eigenvalue weighted by molar-refractivity contribution is -0.118. The maximum Gasteiger partial charge on any atom is 0.339 e. The number of nitrogens with zero attached hydrogens (tertiary/aromatic N) is 1. The number of carbonyl (C=O) groups excluding carboxylic acids is 1. The summed E-state index contributed by atoms with van der Waals surface area (Å²) in [5.41, 5.74) is -0.0756. The predicted octanol–water partition coefficient (Wildman–Crippen LogP) is 2.56. The van der Waals surface area contributed by atoms with E-state index >= 15 is 0 Å². The summed E-state index contributed by atoms with van der Waals surface area (Å²) in [5, 5.41) is 11.4. The van der Waals surface area contributed by atoms with Crippen LogP contribution in [0.15, 0.2) is 47.1 Å². The number of halogens is 1. The number of pyridine rings is 1. The van der Waals surface area contributed by atoms with Crippen LogP contribution >= 0.6 is 15.9 Å². The van der Waals surface area contributed by atoms with Crippen LogP contribution in [0.5, 0.6) is 5.75 Å². The summed E-state index contributed by atoms with van der Waals surface area (Å²) in [5.74, 6) is -1.13. The lowest BCUT2D eigenvalue weighted by Gasteiger charge is -2.08. The van der Waals surface area contributed by atoms with Crippen molar-refractivity contribution < 1.29 is 19.4 Å². The van der Waals surface area contributed by atoms with Crippen LogP contribution in [0.2, 0.25) is 0 Å². The highest BCUT2D eigenvalue weighted by molar-refractivity contribution is 9.10. The Morgan fingerprint density at radius 2 is 2.10 bits per heavy atom. The predicted molar refractivity (Wildman–Crippen MR) is 79.5 cm³/mol. The van der Waals surface area contributed by atoms with Gasteiger partial charge in [0, 0.05) is 10.7 Å². The van der Waals surface area contributed by atoms with Gasteiger partial charge in [-0.1, -0.05) is 22.0 Å². The molecule has 108 valence electrons. The van der Waals surface area contributed by atoms with E-state index in [2.05, 4.69) is 26.2 Å². The summed E-state index contributed by atoms with van der Waals surface area (Å²) < 4.78 is 6.14. The molecule has 2 N–H and O–H groups in total. The van der Waals surface area contributed by atoms with Gasteiger partial charge in [-0.25, -0.2) is 9.78 Å². The molecular weight excluding hydrogens is 340 g/mol. The molecule has 21 heavy (non-hydrogen) atoms. The van der Waals surface area contributed by atoms with Crippen LogP contribution < -0.4 is 10.1 Å². The summed E-state index contributed by atoms with van der Waals surface area (Å²) in [4.78, 5) is 26.6. The van der Waals surface area contributed by atoms with Crippen molar-refractivity contribution >= 4 is 33.6 Å². The summed E-state index contributed by atoms with van der Waals surface area (Å²) in [7, 11) is 0. The molecule has 0 radical (unpaired) electrons. The van der Waals surface area contributed by atoms with Gasteiger partial charge in [0.1, 0.15) is 17.1 Å². The van der Waals surface area contributed by atoms with E-state index in [4.69, 9.17) is 9.84 Å². The Balaban J connectivity index is 1.98.